The maximum atomic E-state index is 11.6. The second-order valence-electron chi connectivity index (χ2n) is 3.37. The molecule has 7 nitrogen and oxygen atoms in total. The van der Waals surface area contributed by atoms with Crippen molar-refractivity contribution in [3.05, 3.63) is 34.4 Å². The summed E-state index contributed by atoms with van der Waals surface area (Å²) < 4.78 is 28.0. The van der Waals surface area contributed by atoms with Gasteiger partial charge in [-0.3, -0.25) is 14.3 Å². The van der Waals surface area contributed by atoms with Gasteiger partial charge in [0.15, 0.2) is 0 Å². The number of unbranched alkanes of at least 4 members (excludes halogenated alkanes) is 1. The van der Waals surface area contributed by atoms with Crippen LogP contribution in [0.4, 0.5) is 5.69 Å². The van der Waals surface area contributed by atoms with E-state index in [9.17, 15) is 18.5 Å². The van der Waals surface area contributed by atoms with Gasteiger partial charge in [-0.15, -0.1) is 0 Å². The fourth-order valence-corrected chi connectivity index (χ4v) is 2.10. The summed E-state index contributed by atoms with van der Waals surface area (Å²) in [5.74, 6) is 0. The molecule has 0 saturated carbocycles. The number of rotatable bonds is 7. The lowest BCUT2D eigenvalue weighted by molar-refractivity contribution is -0.384. The minimum absolute atomic E-state index is 0.0191. The first-order valence-corrected chi connectivity index (χ1v) is 6.51. The van der Waals surface area contributed by atoms with Crippen molar-refractivity contribution in [3.63, 3.8) is 0 Å². The molecule has 18 heavy (non-hydrogen) atoms. The molecular weight excluding hydrogens is 260 g/mol. The van der Waals surface area contributed by atoms with Gasteiger partial charge in [0.05, 0.1) is 16.4 Å². The van der Waals surface area contributed by atoms with Crippen molar-refractivity contribution < 1.29 is 17.5 Å². The molecule has 0 unspecified atom stereocenters. The predicted octanol–water partition coefficient (Wildman–Crippen LogP) is 1.73. The highest BCUT2D eigenvalue weighted by molar-refractivity contribution is 7.86. The second kappa shape index (κ2) is 6.22. The first kappa shape index (κ1) is 14.3. The minimum atomic E-state index is -3.88. The molecule has 1 rings (SSSR count). The van der Waals surface area contributed by atoms with E-state index in [1.165, 1.54) is 6.21 Å². The van der Waals surface area contributed by atoms with E-state index < -0.39 is 15.0 Å². The summed E-state index contributed by atoms with van der Waals surface area (Å²) in [7, 11) is -3.88. The van der Waals surface area contributed by atoms with Gasteiger partial charge in [0.25, 0.3) is 15.8 Å². The molecule has 0 saturated heterocycles. The van der Waals surface area contributed by atoms with E-state index in [1.807, 2.05) is 0 Å². The molecule has 98 valence electrons. The van der Waals surface area contributed by atoms with Gasteiger partial charge in [-0.2, -0.15) is 8.42 Å². The van der Waals surface area contributed by atoms with Crippen LogP contribution in [0.25, 0.3) is 0 Å². The molecule has 0 aromatic heterocycles. The number of non-ortho nitro benzene ring substituents is 1. The van der Waals surface area contributed by atoms with Crippen molar-refractivity contribution in [2.24, 2.45) is 0 Å². The molecule has 1 aromatic rings. The van der Waals surface area contributed by atoms with E-state index in [0.717, 1.165) is 24.3 Å². The standard InChI is InChI=1S/C10H12N2O5S/c11-7-1-2-8-17-18(15,16)10-5-3-9(4-6-10)12(13)14/h3-7,11H,1-2,8H2. The molecule has 8 heteroatoms. The summed E-state index contributed by atoms with van der Waals surface area (Å²) in [4.78, 5) is 9.68. The highest BCUT2D eigenvalue weighted by atomic mass is 32.2. The van der Waals surface area contributed by atoms with Crippen LogP contribution < -0.4 is 0 Å². The van der Waals surface area contributed by atoms with E-state index in [4.69, 9.17) is 9.59 Å². The van der Waals surface area contributed by atoms with Gasteiger partial charge in [-0.1, -0.05) is 0 Å². The van der Waals surface area contributed by atoms with Crippen LogP contribution in [0.3, 0.4) is 0 Å². The average molecular weight is 272 g/mol. The Bertz CT molecular complexity index is 524. The van der Waals surface area contributed by atoms with Crippen LogP contribution in [-0.4, -0.2) is 26.2 Å². The van der Waals surface area contributed by atoms with Crippen LogP contribution in [0.5, 0.6) is 0 Å². The maximum Gasteiger partial charge on any atom is 0.296 e. The van der Waals surface area contributed by atoms with Crippen molar-refractivity contribution in [1.82, 2.24) is 0 Å². The average Bonchev–Trinajstić information content (AvgIpc) is 2.35. The Labute approximate surface area is 104 Å². The SMILES string of the molecule is N=CCCCOS(=O)(=O)c1ccc([N+](=O)[O-])cc1. The molecule has 1 N–H and O–H groups in total. The van der Waals surface area contributed by atoms with Gasteiger partial charge in [-0.05, 0) is 31.2 Å². The molecule has 0 heterocycles. The number of nitro benzene ring substituents is 1. The third kappa shape index (κ3) is 3.90. The van der Waals surface area contributed by atoms with E-state index in [-0.39, 0.29) is 17.2 Å². The van der Waals surface area contributed by atoms with E-state index in [0.29, 0.717) is 12.8 Å². The first-order chi connectivity index (χ1) is 8.47. The van der Waals surface area contributed by atoms with E-state index in [2.05, 4.69) is 0 Å². The third-order valence-electron chi connectivity index (χ3n) is 2.07. The van der Waals surface area contributed by atoms with Crippen LogP contribution in [0.1, 0.15) is 12.8 Å². The lowest BCUT2D eigenvalue weighted by atomic mass is 10.3. The molecule has 0 bridgehead atoms. The Morgan fingerprint density at radius 3 is 2.44 bits per heavy atom. The van der Waals surface area contributed by atoms with Gasteiger partial charge in [0, 0.05) is 12.1 Å². The summed E-state index contributed by atoms with van der Waals surface area (Å²) in [6.45, 7) is -0.0191. The number of hydrogen-bond acceptors (Lipinski definition) is 6. The van der Waals surface area contributed by atoms with Crippen LogP contribution in [-0.2, 0) is 14.3 Å². The lowest BCUT2D eigenvalue weighted by Crippen LogP contribution is -2.07. The zero-order valence-corrected chi connectivity index (χ0v) is 10.2. The minimum Gasteiger partial charge on any atom is -0.313 e. The molecule has 0 spiro atoms. The van der Waals surface area contributed by atoms with Crippen LogP contribution in [0, 0.1) is 15.5 Å². The predicted molar refractivity (Wildman–Crippen MR) is 64.3 cm³/mol. The van der Waals surface area contributed by atoms with Crippen LogP contribution in [0.2, 0.25) is 0 Å². The van der Waals surface area contributed by atoms with Crippen molar-refractivity contribution in [1.29, 1.82) is 5.41 Å². The van der Waals surface area contributed by atoms with Crippen molar-refractivity contribution in [2.75, 3.05) is 6.61 Å². The lowest BCUT2D eigenvalue weighted by Gasteiger charge is -2.04. The second-order valence-corrected chi connectivity index (χ2v) is 4.99. The van der Waals surface area contributed by atoms with Crippen molar-refractivity contribution in [3.8, 4) is 0 Å². The molecule has 0 aliphatic rings. The third-order valence-corrected chi connectivity index (χ3v) is 3.39. The molecule has 0 fully saturated rings. The fraction of sp³-hybridized carbons (Fsp3) is 0.300. The maximum absolute atomic E-state index is 11.6. The van der Waals surface area contributed by atoms with E-state index in [1.54, 1.807) is 0 Å². The molecule has 0 atom stereocenters. The number of hydrogen-bond donors (Lipinski definition) is 1. The van der Waals surface area contributed by atoms with Gasteiger partial charge in [0.2, 0.25) is 0 Å². The summed E-state index contributed by atoms with van der Waals surface area (Å²) in [6.07, 6.45) is 2.04. The molecule has 1 aromatic carbocycles. The molecule has 0 aliphatic heterocycles. The Morgan fingerprint density at radius 2 is 1.94 bits per heavy atom. The largest absolute Gasteiger partial charge is 0.313 e. The molecule has 0 aliphatic carbocycles. The number of nitrogens with one attached hydrogen (secondary N) is 1. The van der Waals surface area contributed by atoms with E-state index >= 15 is 0 Å². The number of nitro groups is 1. The number of benzene rings is 1. The topological polar surface area (TPSA) is 110 Å². The Kier molecular flexibility index (Phi) is 4.93. The highest BCUT2D eigenvalue weighted by Gasteiger charge is 2.16. The first-order valence-electron chi connectivity index (χ1n) is 5.10. The van der Waals surface area contributed by atoms with Gasteiger partial charge in [-0.25, -0.2) is 0 Å². The molecule has 0 amide bonds. The molecule has 0 radical (unpaired) electrons. The highest BCUT2D eigenvalue weighted by Crippen LogP contribution is 2.17. The monoisotopic (exact) mass is 272 g/mol. The Hall–Kier alpha value is -1.80. The van der Waals surface area contributed by atoms with Gasteiger partial charge in [0.1, 0.15) is 0 Å². The number of nitrogens with zero attached hydrogens (tertiary/aromatic N) is 1. The summed E-state index contributed by atoms with van der Waals surface area (Å²) in [6, 6.07) is 4.47. The quantitative estimate of drug-likeness (QED) is 0.267. The van der Waals surface area contributed by atoms with Crippen LogP contribution >= 0.6 is 0 Å². The Morgan fingerprint density at radius 1 is 1.33 bits per heavy atom. The summed E-state index contributed by atoms with van der Waals surface area (Å²) >= 11 is 0. The van der Waals surface area contributed by atoms with Crippen molar-refractivity contribution in [2.45, 2.75) is 17.7 Å². The van der Waals surface area contributed by atoms with Crippen LogP contribution in [0.15, 0.2) is 29.2 Å². The summed E-state index contributed by atoms with van der Waals surface area (Å²) in [5, 5.41) is 17.2. The Balaban J connectivity index is 2.72. The fourth-order valence-electron chi connectivity index (χ4n) is 1.16. The van der Waals surface area contributed by atoms with Crippen molar-refractivity contribution >= 4 is 22.0 Å². The van der Waals surface area contributed by atoms with Gasteiger partial charge < -0.3 is 5.41 Å². The zero-order chi connectivity index (χ0) is 13.6. The van der Waals surface area contributed by atoms with Gasteiger partial charge >= 0.3 is 0 Å². The zero-order valence-electron chi connectivity index (χ0n) is 9.40. The summed E-state index contributed by atoms with van der Waals surface area (Å²) in [5.41, 5.74) is -0.183. The molecular formula is C10H12N2O5S. The smallest absolute Gasteiger partial charge is 0.296 e. The normalized spacial score (nSPS) is 11.1.